The second-order valence-corrected chi connectivity index (χ2v) is 10.7. The zero-order chi connectivity index (χ0) is 24.5. The van der Waals surface area contributed by atoms with Gasteiger partial charge in [-0.1, -0.05) is 13.0 Å². The van der Waals surface area contributed by atoms with Gasteiger partial charge in [0.2, 0.25) is 5.91 Å². The number of ether oxygens (including phenoxy) is 2. The van der Waals surface area contributed by atoms with Crippen LogP contribution in [0, 0.1) is 5.41 Å². The molecule has 1 saturated carbocycles. The number of esters is 1. The summed E-state index contributed by atoms with van der Waals surface area (Å²) < 4.78 is 11.7. The molecule has 3 aliphatic heterocycles. The summed E-state index contributed by atoms with van der Waals surface area (Å²) in [4.78, 5) is 29.2. The molecular formula is C26H37N3O5. The molecule has 8 nitrogen and oxygen atoms in total. The number of amides is 1. The van der Waals surface area contributed by atoms with Crippen molar-refractivity contribution in [1.29, 1.82) is 0 Å². The summed E-state index contributed by atoms with van der Waals surface area (Å²) in [5.74, 6) is 0.151. The summed E-state index contributed by atoms with van der Waals surface area (Å²) in [6.45, 7) is 6.99. The van der Waals surface area contributed by atoms with E-state index in [1.807, 2.05) is 19.2 Å². The average Bonchev–Trinajstić information content (AvgIpc) is 3.32. The second kappa shape index (κ2) is 7.85. The summed E-state index contributed by atoms with van der Waals surface area (Å²) in [5, 5.41) is 15.6. The lowest BCUT2D eigenvalue weighted by atomic mass is 9.46. The molecule has 34 heavy (non-hydrogen) atoms. The third kappa shape index (κ3) is 2.84. The zero-order valence-corrected chi connectivity index (χ0v) is 20.9. The number of hydrogen-bond donors (Lipinski definition) is 2. The maximum Gasteiger partial charge on any atom is 0.303 e. The van der Waals surface area contributed by atoms with Crippen molar-refractivity contribution in [3.63, 3.8) is 0 Å². The van der Waals surface area contributed by atoms with Gasteiger partial charge in [-0.15, -0.1) is 0 Å². The second-order valence-electron chi connectivity index (χ2n) is 10.7. The molecule has 1 aromatic rings. The molecule has 3 fully saturated rings. The van der Waals surface area contributed by atoms with E-state index in [4.69, 9.17) is 9.47 Å². The third-order valence-electron chi connectivity index (χ3n) is 9.27. The molecule has 0 unspecified atom stereocenters. The first-order valence-electron chi connectivity index (χ1n) is 12.4. The minimum Gasteiger partial charge on any atom is -0.497 e. The predicted molar refractivity (Wildman–Crippen MR) is 128 cm³/mol. The first-order valence-corrected chi connectivity index (χ1v) is 12.4. The zero-order valence-electron chi connectivity index (χ0n) is 20.9. The Labute approximate surface area is 201 Å². The Morgan fingerprint density at radius 1 is 1.21 bits per heavy atom. The van der Waals surface area contributed by atoms with E-state index in [1.54, 1.807) is 7.11 Å². The van der Waals surface area contributed by atoms with Gasteiger partial charge in [-0.2, -0.15) is 0 Å². The van der Waals surface area contributed by atoms with E-state index in [9.17, 15) is 14.7 Å². The summed E-state index contributed by atoms with van der Waals surface area (Å²) in [6, 6.07) is 5.97. The minimum atomic E-state index is -1.47. The van der Waals surface area contributed by atoms with Crippen LogP contribution < -0.4 is 15.0 Å². The van der Waals surface area contributed by atoms with Crippen molar-refractivity contribution in [2.24, 2.45) is 5.41 Å². The molecule has 0 radical (unpaired) electrons. The van der Waals surface area contributed by atoms with Gasteiger partial charge < -0.3 is 24.8 Å². The van der Waals surface area contributed by atoms with Gasteiger partial charge in [0.15, 0.2) is 0 Å². The summed E-state index contributed by atoms with van der Waals surface area (Å²) in [5.41, 5.74) is 0.00326. The molecule has 1 amide bonds. The first-order chi connectivity index (χ1) is 16.2. The quantitative estimate of drug-likeness (QED) is 0.633. The number of methoxy groups -OCH3 is 1. The van der Waals surface area contributed by atoms with Gasteiger partial charge in [0, 0.05) is 49.5 Å². The highest BCUT2D eigenvalue weighted by Crippen LogP contribution is 2.68. The van der Waals surface area contributed by atoms with Crippen molar-refractivity contribution in [3.8, 4) is 5.75 Å². The lowest BCUT2D eigenvalue weighted by Gasteiger charge is -2.66. The topological polar surface area (TPSA) is 91.3 Å². The van der Waals surface area contributed by atoms with E-state index in [-0.39, 0.29) is 30.0 Å². The Kier molecular flexibility index (Phi) is 5.41. The summed E-state index contributed by atoms with van der Waals surface area (Å²) in [7, 11) is 3.66. The monoisotopic (exact) mass is 471 g/mol. The van der Waals surface area contributed by atoms with Crippen LogP contribution in [0.25, 0.3) is 0 Å². The fraction of sp³-hybridized carbons (Fsp3) is 0.692. The van der Waals surface area contributed by atoms with Crippen molar-refractivity contribution in [2.45, 2.75) is 75.7 Å². The van der Waals surface area contributed by atoms with E-state index < -0.39 is 23.1 Å². The van der Waals surface area contributed by atoms with Crippen LogP contribution in [-0.4, -0.2) is 79.5 Å². The number of aliphatic hydroxyl groups is 1. The largest absolute Gasteiger partial charge is 0.497 e. The first kappa shape index (κ1) is 23.4. The smallest absolute Gasteiger partial charge is 0.303 e. The van der Waals surface area contributed by atoms with E-state index in [2.05, 4.69) is 28.1 Å². The molecule has 4 aliphatic rings. The number of carbonyl (C=O) groups excluding carboxylic acids is 2. The summed E-state index contributed by atoms with van der Waals surface area (Å²) in [6.07, 6.45) is 2.80. The molecule has 0 bridgehead atoms. The van der Waals surface area contributed by atoms with Crippen molar-refractivity contribution in [2.75, 3.05) is 38.7 Å². The number of carbonyl (C=O) groups is 2. The maximum absolute atomic E-state index is 12.7. The molecule has 3 heterocycles. The van der Waals surface area contributed by atoms with Gasteiger partial charge in [0.1, 0.15) is 17.5 Å². The number of likely N-dealkylation sites (N-methyl/N-ethyl adjacent to an activating group) is 1. The molecule has 1 aliphatic carbocycles. The van der Waals surface area contributed by atoms with Crippen molar-refractivity contribution in [1.82, 2.24) is 10.2 Å². The fourth-order valence-corrected chi connectivity index (χ4v) is 8.40. The number of benzene rings is 1. The molecule has 2 N–H and O–H groups in total. The van der Waals surface area contributed by atoms with Gasteiger partial charge in [0.05, 0.1) is 19.7 Å². The molecule has 186 valence electrons. The fourth-order valence-electron chi connectivity index (χ4n) is 8.40. The predicted octanol–water partition coefficient (Wildman–Crippen LogP) is 1.83. The highest BCUT2D eigenvalue weighted by molar-refractivity contribution is 5.74. The molecule has 8 heteroatoms. The third-order valence-corrected chi connectivity index (χ3v) is 9.27. The Bertz CT molecular complexity index is 1020. The molecule has 2 saturated heterocycles. The standard InChI is InChI=1S/C26H37N3O5/c1-6-24-10-7-12-29-13-11-25(21(24)29)19-9-8-18(33-5)14-20(19)28(4)22(25)26(32,15-27-16(2)30)23(24)34-17(3)31/h8-9,14,21-23,32H,6-7,10-13,15H2,1-5H3,(H,27,30)/t21-,22+,23-,24+,25+,26+/m1/s1. The molecular weight excluding hydrogens is 434 g/mol. The van der Waals surface area contributed by atoms with Gasteiger partial charge in [-0.05, 0) is 50.4 Å². The van der Waals surface area contributed by atoms with Crippen LogP contribution in [0.5, 0.6) is 5.75 Å². The lowest BCUT2D eigenvalue weighted by Crippen LogP contribution is -2.81. The van der Waals surface area contributed by atoms with Crippen LogP contribution in [0.2, 0.25) is 0 Å². The van der Waals surface area contributed by atoms with E-state index in [0.717, 1.165) is 50.2 Å². The number of rotatable bonds is 5. The van der Waals surface area contributed by atoms with Crippen LogP contribution in [0.15, 0.2) is 18.2 Å². The van der Waals surface area contributed by atoms with E-state index >= 15 is 0 Å². The number of hydrogen-bond acceptors (Lipinski definition) is 7. The van der Waals surface area contributed by atoms with Gasteiger partial charge in [-0.3, -0.25) is 14.5 Å². The number of piperidine rings is 1. The van der Waals surface area contributed by atoms with Crippen LogP contribution in [0.4, 0.5) is 5.69 Å². The number of fused-ring (bicyclic) bond motifs is 1. The Balaban J connectivity index is 1.79. The molecule has 1 spiro atoms. The van der Waals surface area contributed by atoms with Gasteiger partial charge >= 0.3 is 5.97 Å². The molecule has 6 atom stereocenters. The van der Waals surface area contributed by atoms with Crippen LogP contribution in [-0.2, 0) is 19.7 Å². The Morgan fingerprint density at radius 2 is 1.97 bits per heavy atom. The van der Waals surface area contributed by atoms with E-state index in [1.165, 1.54) is 19.4 Å². The number of anilines is 1. The van der Waals surface area contributed by atoms with Crippen LogP contribution >= 0.6 is 0 Å². The highest BCUT2D eigenvalue weighted by atomic mass is 16.6. The van der Waals surface area contributed by atoms with Gasteiger partial charge in [-0.25, -0.2) is 0 Å². The summed E-state index contributed by atoms with van der Waals surface area (Å²) >= 11 is 0. The number of nitrogens with one attached hydrogen (secondary N) is 1. The van der Waals surface area contributed by atoms with Crippen LogP contribution in [0.1, 0.15) is 52.0 Å². The van der Waals surface area contributed by atoms with E-state index in [0.29, 0.717) is 0 Å². The van der Waals surface area contributed by atoms with Crippen molar-refractivity contribution < 1.29 is 24.2 Å². The maximum atomic E-state index is 12.7. The molecule has 1 aromatic carbocycles. The minimum absolute atomic E-state index is 0.0244. The molecule has 5 rings (SSSR count). The SMILES string of the molecule is CC[C@@]12CCCN3CC[C@]4(c5ccc(OC)cc5N(C)[C@@H]4[C@@](O)(CNC(C)=O)[C@@H]1OC(C)=O)[C@H]32. The normalized spacial score (nSPS) is 38.1. The Hall–Kier alpha value is -2.32. The van der Waals surface area contributed by atoms with Crippen molar-refractivity contribution >= 4 is 17.6 Å². The molecule has 0 aromatic heterocycles. The highest BCUT2D eigenvalue weighted by Gasteiger charge is 2.78. The van der Waals surface area contributed by atoms with Crippen molar-refractivity contribution in [3.05, 3.63) is 23.8 Å². The Morgan fingerprint density at radius 3 is 2.62 bits per heavy atom. The van der Waals surface area contributed by atoms with Gasteiger partial charge in [0.25, 0.3) is 0 Å². The number of nitrogens with zero attached hydrogens (tertiary/aromatic N) is 2. The average molecular weight is 472 g/mol. The van der Waals surface area contributed by atoms with Crippen LogP contribution in [0.3, 0.4) is 0 Å². The lowest BCUT2D eigenvalue weighted by molar-refractivity contribution is -0.235.